The first kappa shape index (κ1) is 26.2. The smallest absolute Gasteiger partial charge is 0.261 e. The van der Waals surface area contributed by atoms with Gasteiger partial charge in [0.05, 0.1) is 47.9 Å². The molecule has 0 unspecified atom stereocenters. The third-order valence-electron chi connectivity index (χ3n) is 6.97. The van der Waals surface area contributed by atoms with Gasteiger partial charge in [0.15, 0.2) is 0 Å². The SMILES string of the molecule is O=C1c2ccccc2C(=O)N1CCCn1cc(COCc2cn(CCCN3C(=O)c4ccccc4C3=O)nn2)nn1. The van der Waals surface area contributed by atoms with E-state index in [1.165, 1.54) is 9.80 Å². The number of ether oxygens (including phenoxy) is 1. The van der Waals surface area contributed by atoms with Crippen LogP contribution in [0.15, 0.2) is 60.9 Å². The summed E-state index contributed by atoms with van der Waals surface area (Å²) in [6.07, 6.45) is 4.62. The number of carbonyl (C=O) groups excluding carboxylic acids is 4. The van der Waals surface area contributed by atoms with Crippen LogP contribution in [0.3, 0.4) is 0 Å². The molecule has 13 heteroatoms. The van der Waals surface area contributed by atoms with Crippen LogP contribution in [0.5, 0.6) is 0 Å². The van der Waals surface area contributed by atoms with Crippen molar-refractivity contribution < 1.29 is 23.9 Å². The fourth-order valence-corrected chi connectivity index (χ4v) is 4.95. The maximum Gasteiger partial charge on any atom is 0.261 e. The number of aromatic nitrogens is 6. The highest BCUT2D eigenvalue weighted by molar-refractivity contribution is 6.22. The van der Waals surface area contributed by atoms with Crippen molar-refractivity contribution >= 4 is 23.6 Å². The molecular formula is C28H26N8O5. The maximum atomic E-state index is 12.5. The highest BCUT2D eigenvalue weighted by Gasteiger charge is 2.35. The average molecular weight is 555 g/mol. The molecule has 0 saturated carbocycles. The summed E-state index contributed by atoms with van der Waals surface area (Å²) in [5.74, 6) is -1.06. The number of hydrogen-bond acceptors (Lipinski definition) is 9. The minimum Gasteiger partial charge on any atom is -0.369 e. The second-order valence-corrected chi connectivity index (χ2v) is 9.76. The normalized spacial score (nSPS) is 14.3. The van der Waals surface area contributed by atoms with Crippen molar-refractivity contribution in [2.24, 2.45) is 0 Å². The minimum atomic E-state index is -0.266. The fraction of sp³-hybridized carbons (Fsp3) is 0.286. The molecular weight excluding hydrogens is 528 g/mol. The summed E-state index contributed by atoms with van der Waals surface area (Å²) < 4.78 is 9.01. The molecule has 2 aliphatic rings. The van der Waals surface area contributed by atoms with Gasteiger partial charge in [-0.25, -0.2) is 0 Å². The van der Waals surface area contributed by atoms with Gasteiger partial charge in [-0.15, -0.1) is 10.2 Å². The van der Waals surface area contributed by atoms with Crippen molar-refractivity contribution in [1.29, 1.82) is 0 Å². The molecule has 208 valence electrons. The number of rotatable bonds is 12. The maximum absolute atomic E-state index is 12.5. The highest BCUT2D eigenvalue weighted by Crippen LogP contribution is 2.23. The zero-order chi connectivity index (χ0) is 28.3. The van der Waals surface area contributed by atoms with Crippen molar-refractivity contribution in [3.63, 3.8) is 0 Å². The van der Waals surface area contributed by atoms with Gasteiger partial charge in [-0.2, -0.15) is 0 Å². The van der Waals surface area contributed by atoms with Gasteiger partial charge in [-0.05, 0) is 37.1 Å². The van der Waals surface area contributed by atoms with E-state index in [-0.39, 0.29) is 36.8 Å². The lowest BCUT2D eigenvalue weighted by Gasteiger charge is -2.13. The van der Waals surface area contributed by atoms with E-state index in [4.69, 9.17) is 4.74 Å². The fourth-order valence-electron chi connectivity index (χ4n) is 4.95. The lowest BCUT2D eigenvalue weighted by molar-refractivity contribution is 0.0634. The first-order chi connectivity index (χ1) is 20.0. The summed E-state index contributed by atoms with van der Waals surface area (Å²) in [7, 11) is 0. The summed E-state index contributed by atoms with van der Waals surface area (Å²) >= 11 is 0. The largest absolute Gasteiger partial charge is 0.369 e. The third-order valence-corrected chi connectivity index (χ3v) is 6.97. The van der Waals surface area contributed by atoms with E-state index in [2.05, 4.69) is 20.6 Å². The molecule has 0 aliphatic carbocycles. The molecule has 0 spiro atoms. The third kappa shape index (κ3) is 5.26. The Morgan fingerprint density at radius 1 is 0.537 bits per heavy atom. The molecule has 2 aliphatic heterocycles. The Hall–Kier alpha value is -5.04. The van der Waals surface area contributed by atoms with Crippen LogP contribution in [-0.2, 0) is 31.0 Å². The predicted octanol–water partition coefficient (Wildman–Crippen LogP) is 1.96. The van der Waals surface area contributed by atoms with Crippen LogP contribution in [-0.4, -0.2) is 76.5 Å². The molecule has 0 bridgehead atoms. The van der Waals surface area contributed by atoms with Crippen molar-refractivity contribution in [3.05, 3.63) is 94.6 Å². The summed E-state index contributed by atoms with van der Waals surface area (Å²) in [6.45, 7) is 2.04. The van der Waals surface area contributed by atoms with Crippen molar-refractivity contribution in [2.45, 2.75) is 39.1 Å². The Balaban J connectivity index is 0.903. The Bertz CT molecular complexity index is 1450. The van der Waals surface area contributed by atoms with E-state index in [1.807, 2.05) is 0 Å². The monoisotopic (exact) mass is 554 g/mol. The van der Waals surface area contributed by atoms with Gasteiger partial charge in [0.2, 0.25) is 0 Å². The van der Waals surface area contributed by atoms with Crippen LogP contribution in [0.25, 0.3) is 0 Å². The first-order valence-corrected chi connectivity index (χ1v) is 13.3. The molecule has 41 heavy (non-hydrogen) atoms. The van der Waals surface area contributed by atoms with Gasteiger partial charge in [0, 0.05) is 26.2 Å². The van der Waals surface area contributed by atoms with Gasteiger partial charge in [0.25, 0.3) is 23.6 Å². The Morgan fingerprint density at radius 3 is 1.27 bits per heavy atom. The molecule has 6 rings (SSSR count). The Kier molecular flexibility index (Phi) is 7.17. The molecule has 2 aromatic heterocycles. The number of aryl methyl sites for hydroxylation is 2. The minimum absolute atomic E-state index is 0.227. The molecule has 0 radical (unpaired) electrons. The van der Waals surface area contributed by atoms with Crippen LogP contribution in [0.4, 0.5) is 0 Å². The topological polar surface area (TPSA) is 145 Å². The van der Waals surface area contributed by atoms with Crippen LogP contribution >= 0.6 is 0 Å². The van der Waals surface area contributed by atoms with Crippen molar-refractivity contribution in [1.82, 2.24) is 39.8 Å². The molecule has 0 atom stereocenters. The number of hydrogen-bond donors (Lipinski definition) is 0. The van der Waals surface area contributed by atoms with E-state index in [0.717, 1.165) is 0 Å². The quantitative estimate of drug-likeness (QED) is 0.240. The zero-order valence-electron chi connectivity index (χ0n) is 22.0. The molecule has 13 nitrogen and oxygen atoms in total. The second-order valence-electron chi connectivity index (χ2n) is 9.76. The van der Waals surface area contributed by atoms with Crippen LogP contribution < -0.4 is 0 Å². The molecule has 4 aromatic rings. The summed E-state index contributed by atoms with van der Waals surface area (Å²) in [5.41, 5.74) is 3.05. The Morgan fingerprint density at radius 2 is 0.902 bits per heavy atom. The molecule has 0 saturated heterocycles. The van der Waals surface area contributed by atoms with Crippen molar-refractivity contribution in [3.8, 4) is 0 Å². The molecule has 4 heterocycles. The van der Waals surface area contributed by atoms with E-state index in [1.54, 1.807) is 70.3 Å². The van der Waals surface area contributed by atoms with Crippen LogP contribution in [0, 0.1) is 0 Å². The van der Waals surface area contributed by atoms with Crippen molar-refractivity contribution in [2.75, 3.05) is 13.1 Å². The molecule has 2 aromatic carbocycles. The standard InChI is InChI=1S/C28H26N8O5/c37-25-21-7-1-2-8-22(21)26(38)35(25)13-5-11-33-15-19(29-31-33)17-41-18-20-16-34(32-30-20)12-6-14-36-27(39)23-9-3-4-10-24(23)28(36)40/h1-4,7-10,15-16H,5-6,11-14,17-18H2. The average Bonchev–Trinajstić information content (AvgIpc) is 3.75. The van der Waals surface area contributed by atoms with Crippen LogP contribution in [0.2, 0.25) is 0 Å². The second kappa shape index (κ2) is 11.2. The van der Waals surface area contributed by atoms with Crippen LogP contribution in [0.1, 0.15) is 65.7 Å². The highest BCUT2D eigenvalue weighted by atomic mass is 16.5. The summed E-state index contributed by atoms with van der Waals surface area (Å²) in [6, 6.07) is 13.7. The van der Waals surface area contributed by atoms with E-state index >= 15 is 0 Å². The van der Waals surface area contributed by atoms with Gasteiger partial charge < -0.3 is 4.74 Å². The van der Waals surface area contributed by atoms with Gasteiger partial charge in [0.1, 0.15) is 11.4 Å². The number of imide groups is 2. The molecule has 0 fully saturated rings. The van der Waals surface area contributed by atoms with E-state index < -0.39 is 0 Å². The lowest BCUT2D eigenvalue weighted by atomic mass is 10.1. The number of amides is 4. The number of benzene rings is 2. The zero-order valence-corrected chi connectivity index (χ0v) is 22.0. The summed E-state index contributed by atoms with van der Waals surface area (Å²) in [4.78, 5) is 52.4. The molecule has 0 N–H and O–H groups in total. The number of carbonyl (C=O) groups is 4. The predicted molar refractivity (Wildman–Crippen MR) is 141 cm³/mol. The van der Waals surface area contributed by atoms with Gasteiger partial charge >= 0.3 is 0 Å². The van der Waals surface area contributed by atoms with Gasteiger partial charge in [-0.1, -0.05) is 34.7 Å². The summed E-state index contributed by atoms with van der Waals surface area (Å²) in [5, 5.41) is 16.4. The number of fused-ring (bicyclic) bond motifs is 2. The van der Waals surface area contributed by atoms with E-state index in [9.17, 15) is 19.2 Å². The van der Waals surface area contributed by atoms with Gasteiger partial charge in [-0.3, -0.25) is 38.3 Å². The first-order valence-electron chi connectivity index (χ1n) is 13.3. The lowest BCUT2D eigenvalue weighted by Crippen LogP contribution is -2.31. The Labute approximate surface area is 234 Å². The van der Waals surface area contributed by atoms with E-state index in [0.29, 0.717) is 72.7 Å². The number of nitrogens with zero attached hydrogens (tertiary/aromatic N) is 8. The molecule has 4 amide bonds.